The van der Waals surface area contributed by atoms with Gasteiger partial charge in [0.15, 0.2) is 0 Å². The number of carbonyl (C=O) groups is 2. The smallest absolute Gasteiger partial charge is 0.320 e. The highest BCUT2D eigenvalue weighted by atomic mass is 32.2. The van der Waals surface area contributed by atoms with E-state index in [2.05, 4.69) is 13.8 Å². The van der Waals surface area contributed by atoms with Gasteiger partial charge in [0.2, 0.25) is 0 Å². The maximum atomic E-state index is 12.5. The molecule has 2 heterocycles. The number of hydrogen-bond donors (Lipinski definition) is 1. The number of carbonyl (C=O) groups excluding carboxylic acids is 1. The van der Waals surface area contributed by atoms with Crippen LogP contribution in [-0.2, 0) is 4.79 Å². The predicted octanol–water partition coefficient (Wildman–Crippen LogP) is 2.12. The minimum atomic E-state index is -0.782. The van der Waals surface area contributed by atoms with E-state index in [1.807, 2.05) is 16.7 Å². The van der Waals surface area contributed by atoms with Gasteiger partial charge in [0, 0.05) is 36.7 Å². The number of hydrogen-bond acceptors (Lipinski definition) is 3. The SMILES string of the molecule is CC1(C)CCN(C(=O)N2CCC[C@@H](C(=O)O)C2)CCS1. The van der Waals surface area contributed by atoms with E-state index in [0.717, 1.165) is 31.7 Å². The summed E-state index contributed by atoms with van der Waals surface area (Å²) in [5.41, 5.74) is 0. The van der Waals surface area contributed by atoms with Crippen LogP contribution >= 0.6 is 11.8 Å². The molecule has 0 aromatic rings. The monoisotopic (exact) mass is 300 g/mol. The highest BCUT2D eigenvalue weighted by molar-refractivity contribution is 8.00. The molecule has 0 aromatic heterocycles. The summed E-state index contributed by atoms with van der Waals surface area (Å²) in [6.07, 6.45) is 2.46. The first kappa shape index (κ1) is 15.5. The minimum Gasteiger partial charge on any atom is -0.481 e. The largest absolute Gasteiger partial charge is 0.481 e. The number of carboxylic acids is 1. The Kier molecular flexibility index (Phi) is 4.83. The van der Waals surface area contributed by atoms with Gasteiger partial charge in [0.05, 0.1) is 5.92 Å². The van der Waals surface area contributed by atoms with Crippen LogP contribution in [0.2, 0.25) is 0 Å². The first-order chi connectivity index (χ1) is 9.39. The average Bonchev–Trinajstić information content (AvgIpc) is 2.59. The van der Waals surface area contributed by atoms with Crippen molar-refractivity contribution in [2.45, 2.75) is 37.9 Å². The zero-order chi connectivity index (χ0) is 14.8. The molecular weight excluding hydrogens is 276 g/mol. The van der Waals surface area contributed by atoms with Gasteiger partial charge in [-0.1, -0.05) is 13.8 Å². The number of nitrogens with zero attached hydrogens (tertiary/aromatic N) is 2. The second-order valence-electron chi connectivity index (χ2n) is 6.25. The number of aliphatic carboxylic acids is 1. The van der Waals surface area contributed by atoms with Crippen LogP contribution in [0, 0.1) is 5.92 Å². The van der Waals surface area contributed by atoms with Gasteiger partial charge in [-0.05, 0) is 19.3 Å². The quantitative estimate of drug-likeness (QED) is 0.806. The molecule has 0 bridgehead atoms. The summed E-state index contributed by atoms with van der Waals surface area (Å²) in [6, 6.07) is 0.0225. The van der Waals surface area contributed by atoms with Crippen molar-refractivity contribution in [2.75, 3.05) is 31.9 Å². The van der Waals surface area contributed by atoms with Gasteiger partial charge < -0.3 is 14.9 Å². The summed E-state index contributed by atoms with van der Waals surface area (Å²) < 4.78 is 0.223. The minimum absolute atomic E-state index is 0.0225. The molecule has 1 N–H and O–H groups in total. The molecule has 0 spiro atoms. The Bertz CT molecular complexity index is 387. The maximum absolute atomic E-state index is 12.5. The highest BCUT2D eigenvalue weighted by Crippen LogP contribution is 2.31. The van der Waals surface area contributed by atoms with Crippen LogP contribution in [0.5, 0.6) is 0 Å². The average molecular weight is 300 g/mol. The van der Waals surface area contributed by atoms with Crippen molar-refractivity contribution < 1.29 is 14.7 Å². The zero-order valence-corrected chi connectivity index (χ0v) is 13.1. The molecule has 2 aliphatic heterocycles. The van der Waals surface area contributed by atoms with Gasteiger partial charge in [-0.2, -0.15) is 11.8 Å². The van der Waals surface area contributed by atoms with Crippen LogP contribution in [0.4, 0.5) is 4.79 Å². The lowest BCUT2D eigenvalue weighted by Crippen LogP contribution is -2.49. The summed E-state index contributed by atoms with van der Waals surface area (Å²) in [5.74, 6) is -0.227. The highest BCUT2D eigenvalue weighted by Gasteiger charge is 2.32. The van der Waals surface area contributed by atoms with Gasteiger partial charge in [-0.25, -0.2) is 4.79 Å². The molecule has 0 unspecified atom stereocenters. The van der Waals surface area contributed by atoms with Crippen LogP contribution in [-0.4, -0.2) is 63.6 Å². The Morgan fingerprint density at radius 3 is 2.65 bits per heavy atom. The Hall–Kier alpha value is -0.910. The van der Waals surface area contributed by atoms with Crippen LogP contribution < -0.4 is 0 Å². The number of urea groups is 1. The van der Waals surface area contributed by atoms with Gasteiger partial charge in [-0.15, -0.1) is 0 Å². The normalized spacial score (nSPS) is 27.0. The van der Waals surface area contributed by atoms with E-state index < -0.39 is 11.9 Å². The molecule has 2 amide bonds. The van der Waals surface area contributed by atoms with E-state index in [4.69, 9.17) is 5.11 Å². The molecule has 2 aliphatic rings. The standard InChI is InChI=1S/C14H24N2O3S/c1-14(2)5-7-15(8-9-20-14)13(19)16-6-3-4-11(10-16)12(17)18/h11H,3-10H2,1-2H3,(H,17,18)/t11-/m1/s1. The summed E-state index contributed by atoms with van der Waals surface area (Å²) in [7, 11) is 0. The van der Waals surface area contributed by atoms with Crippen molar-refractivity contribution in [3.8, 4) is 0 Å². The van der Waals surface area contributed by atoms with E-state index in [1.165, 1.54) is 0 Å². The molecule has 6 heteroatoms. The summed E-state index contributed by atoms with van der Waals surface area (Å²) in [4.78, 5) is 27.2. The van der Waals surface area contributed by atoms with E-state index in [9.17, 15) is 9.59 Å². The third kappa shape index (κ3) is 3.81. The molecule has 1 atom stereocenters. The number of rotatable bonds is 1. The van der Waals surface area contributed by atoms with Crippen molar-refractivity contribution in [2.24, 2.45) is 5.92 Å². The summed E-state index contributed by atoms with van der Waals surface area (Å²) in [6.45, 7) is 7.02. The van der Waals surface area contributed by atoms with E-state index in [0.29, 0.717) is 19.5 Å². The topological polar surface area (TPSA) is 60.9 Å². The second-order valence-corrected chi connectivity index (χ2v) is 8.05. The molecule has 2 rings (SSSR count). The lowest BCUT2D eigenvalue weighted by atomic mass is 9.98. The molecule has 2 saturated heterocycles. The van der Waals surface area contributed by atoms with Gasteiger partial charge in [0.1, 0.15) is 0 Å². The maximum Gasteiger partial charge on any atom is 0.320 e. The van der Waals surface area contributed by atoms with Crippen molar-refractivity contribution in [1.82, 2.24) is 9.80 Å². The zero-order valence-electron chi connectivity index (χ0n) is 12.3. The molecule has 2 fully saturated rings. The molecule has 0 saturated carbocycles. The van der Waals surface area contributed by atoms with Crippen molar-refractivity contribution in [1.29, 1.82) is 0 Å². The molecule has 0 aromatic carbocycles. The lowest BCUT2D eigenvalue weighted by Gasteiger charge is -2.35. The van der Waals surface area contributed by atoms with Crippen LogP contribution in [0.25, 0.3) is 0 Å². The third-order valence-corrected chi connectivity index (χ3v) is 5.52. The van der Waals surface area contributed by atoms with Crippen molar-refractivity contribution >= 4 is 23.8 Å². The van der Waals surface area contributed by atoms with E-state index >= 15 is 0 Å². The Morgan fingerprint density at radius 1 is 1.20 bits per heavy atom. The van der Waals surface area contributed by atoms with Gasteiger partial charge in [0.25, 0.3) is 0 Å². The van der Waals surface area contributed by atoms with Gasteiger partial charge >= 0.3 is 12.0 Å². The Morgan fingerprint density at radius 2 is 1.95 bits per heavy atom. The number of carboxylic acid groups (broad SMARTS) is 1. The molecule has 0 radical (unpaired) electrons. The summed E-state index contributed by atoms with van der Waals surface area (Å²) >= 11 is 1.91. The fraction of sp³-hybridized carbons (Fsp3) is 0.857. The Balaban J connectivity index is 1.95. The Labute approximate surface area is 124 Å². The summed E-state index contributed by atoms with van der Waals surface area (Å²) in [5, 5.41) is 9.11. The second kappa shape index (κ2) is 6.24. The van der Waals surface area contributed by atoms with Crippen LogP contribution in [0.3, 0.4) is 0 Å². The number of piperidine rings is 1. The van der Waals surface area contributed by atoms with E-state index in [-0.39, 0.29) is 10.8 Å². The van der Waals surface area contributed by atoms with Crippen molar-refractivity contribution in [3.05, 3.63) is 0 Å². The number of thioether (sulfide) groups is 1. The molecule has 0 aliphatic carbocycles. The molecule has 114 valence electrons. The van der Waals surface area contributed by atoms with Gasteiger partial charge in [-0.3, -0.25) is 4.79 Å². The third-order valence-electron chi connectivity index (χ3n) is 4.15. The fourth-order valence-electron chi connectivity index (χ4n) is 2.76. The molecule has 20 heavy (non-hydrogen) atoms. The number of likely N-dealkylation sites (tertiary alicyclic amines) is 1. The predicted molar refractivity (Wildman–Crippen MR) is 80.1 cm³/mol. The van der Waals surface area contributed by atoms with Crippen LogP contribution in [0.15, 0.2) is 0 Å². The number of amides is 2. The van der Waals surface area contributed by atoms with E-state index in [1.54, 1.807) is 4.90 Å². The van der Waals surface area contributed by atoms with Crippen molar-refractivity contribution in [3.63, 3.8) is 0 Å². The first-order valence-electron chi connectivity index (χ1n) is 7.30. The fourth-order valence-corrected chi connectivity index (χ4v) is 3.86. The molecule has 5 nitrogen and oxygen atoms in total. The first-order valence-corrected chi connectivity index (χ1v) is 8.28. The lowest BCUT2D eigenvalue weighted by molar-refractivity contribution is -0.143. The van der Waals surface area contributed by atoms with Crippen LogP contribution in [0.1, 0.15) is 33.1 Å². The molecular formula is C14H24N2O3S.